The molecule has 2 aliphatic rings. The highest BCUT2D eigenvalue weighted by Crippen LogP contribution is 2.39. The Morgan fingerprint density at radius 1 is 1.17 bits per heavy atom. The van der Waals surface area contributed by atoms with E-state index >= 15 is 0 Å². The Labute approximate surface area is 136 Å². The Hall–Kier alpha value is -2.15. The SMILES string of the molecule is Cc1ccc(S(=O)(=O)N2C[C@@H]3C[C@H](C#N)C(C#N)=C[C@@H]3C2)cc1. The maximum Gasteiger partial charge on any atom is 0.243 e. The molecule has 0 bridgehead atoms. The lowest BCUT2D eigenvalue weighted by Crippen LogP contribution is -2.29. The van der Waals surface area contributed by atoms with Gasteiger partial charge in [-0.2, -0.15) is 14.8 Å². The van der Waals surface area contributed by atoms with Crippen LogP contribution in [0.3, 0.4) is 0 Å². The van der Waals surface area contributed by atoms with Crippen molar-refractivity contribution in [3.8, 4) is 12.1 Å². The third-order valence-electron chi connectivity index (χ3n) is 4.71. The fourth-order valence-corrected chi connectivity index (χ4v) is 4.90. The van der Waals surface area contributed by atoms with Crippen LogP contribution in [-0.2, 0) is 10.0 Å². The van der Waals surface area contributed by atoms with E-state index in [9.17, 15) is 8.42 Å². The van der Waals surface area contributed by atoms with Gasteiger partial charge in [0.25, 0.3) is 0 Å². The lowest BCUT2D eigenvalue weighted by atomic mass is 9.77. The topological polar surface area (TPSA) is 85.0 Å². The molecule has 1 fully saturated rings. The summed E-state index contributed by atoms with van der Waals surface area (Å²) in [6, 6.07) is 11.1. The van der Waals surface area contributed by atoms with E-state index in [1.165, 1.54) is 4.31 Å². The minimum atomic E-state index is -3.52. The lowest BCUT2D eigenvalue weighted by molar-refractivity contribution is 0.393. The second kappa shape index (κ2) is 5.81. The predicted molar refractivity (Wildman–Crippen MR) is 84.3 cm³/mol. The molecule has 1 aromatic rings. The molecule has 118 valence electrons. The van der Waals surface area contributed by atoms with Gasteiger partial charge in [0.1, 0.15) is 0 Å². The van der Waals surface area contributed by atoms with Gasteiger partial charge < -0.3 is 0 Å². The Morgan fingerprint density at radius 3 is 2.48 bits per heavy atom. The first kappa shape index (κ1) is 15.7. The van der Waals surface area contributed by atoms with Gasteiger partial charge in [-0.15, -0.1) is 0 Å². The van der Waals surface area contributed by atoms with Gasteiger partial charge in [0.15, 0.2) is 0 Å². The molecule has 23 heavy (non-hydrogen) atoms. The fraction of sp³-hybridized carbons (Fsp3) is 0.412. The van der Waals surface area contributed by atoms with Crippen molar-refractivity contribution in [2.45, 2.75) is 18.2 Å². The molecule has 1 heterocycles. The second-order valence-electron chi connectivity index (χ2n) is 6.21. The average Bonchev–Trinajstić information content (AvgIpc) is 2.97. The maximum atomic E-state index is 12.8. The zero-order valence-corrected chi connectivity index (χ0v) is 13.6. The zero-order chi connectivity index (χ0) is 16.6. The molecule has 5 nitrogen and oxygen atoms in total. The first-order valence-electron chi connectivity index (χ1n) is 7.54. The highest BCUT2D eigenvalue weighted by atomic mass is 32.2. The van der Waals surface area contributed by atoms with Gasteiger partial charge in [0.2, 0.25) is 10.0 Å². The van der Waals surface area contributed by atoms with Crippen LogP contribution in [0.25, 0.3) is 0 Å². The summed E-state index contributed by atoms with van der Waals surface area (Å²) in [7, 11) is -3.52. The molecule has 1 aliphatic heterocycles. The normalized spacial score (nSPS) is 27.6. The quantitative estimate of drug-likeness (QED) is 0.833. The van der Waals surface area contributed by atoms with Gasteiger partial charge in [0.05, 0.1) is 23.0 Å². The van der Waals surface area contributed by atoms with Gasteiger partial charge in [-0.1, -0.05) is 23.8 Å². The molecule has 6 heteroatoms. The first-order chi connectivity index (χ1) is 11.0. The molecular weight excluding hydrogens is 310 g/mol. The van der Waals surface area contributed by atoms with E-state index < -0.39 is 15.9 Å². The summed E-state index contributed by atoms with van der Waals surface area (Å²) in [5.41, 5.74) is 1.49. The molecule has 1 aromatic carbocycles. The number of allylic oxidation sites excluding steroid dienone is 1. The molecule has 1 aliphatic carbocycles. The minimum Gasteiger partial charge on any atom is -0.207 e. The van der Waals surface area contributed by atoms with Crippen LogP contribution < -0.4 is 0 Å². The van der Waals surface area contributed by atoms with E-state index in [0.29, 0.717) is 30.0 Å². The van der Waals surface area contributed by atoms with Crippen LogP contribution in [0.1, 0.15) is 12.0 Å². The highest BCUT2D eigenvalue weighted by Gasteiger charge is 2.42. The summed E-state index contributed by atoms with van der Waals surface area (Å²) in [4.78, 5) is 0.295. The van der Waals surface area contributed by atoms with E-state index in [0.717, 1.165) is 5.56 Å². The number of sulfonamides is 1. The average molecular weight is 327 g/mol. The second-order valence-corrected chi connectivity index (χ2v) is 8.15. The van der Waals surface area contributed by atoms with Gasteiger partial charge in [0, 0.05) is 18.7 Å². The maximum absolute atomic E-state index is 12.8. The van der Waals surface area contributed by atoms with Crippen molar-refractivity contribution in [2.24, 2.45) is 17.8 Å². The summed E-state index contributed by atoms with van der Waals surface area (Å²) in [5, 5.41) is 18.3. The van der Waals surface area contributed by atoms with Gasteiger partial charge in [-0.3, -0.25) is 0 Å². The van der Waals surface area contributed by atoms with Crippen molar-refractivity contribution >= 4 is 10.0 Å². The van der Waals surface area contributed by atoms with Crippen molar-refractivity contribution in [1.29, 1.82) is 10.5 Å². The summed E-state index contributed by atoms with van der Waals surface area (Å²) < 4.78 is 27.0. The molecule has 0 unspecified atom stereocenters. The summed E-state index contributed by atoms with van der Waals surface area (Å²) >= 11 is 0. The number of fused-ring (bicyclic) bond motifs is 1. The number of nitrogens with zero attached hydrogens (tertiary/aromatic N) is 3. The van der Waals surface area contributed by atoms with Crippen LogP contribution in [0.4, 0.5) is 0 Å². The number of hydrogen-bond donors (Lipinski definition) is 0. The van der Waals surface area contributed by atoms with Crippen molar-refractivity contribution in [1.82, 2.24) is 4.31 Å². The largest absolute Gasteiger partial charge is 0.243 e. The van der Waals surface area contributed by atoms with E-state index in [1.54, 1.807) is 30.3 Å². The van der Waals surface area contributed by atoms with E-state index in [2.05, 4.69) is 12.1 Å². The van der Waals surface area contributed by atoms with E-state index in [-0.39, 0.29) is 11.8 Å². The molecule has 3 atom stereocenters. The first-order valence-corrected chi connectivity index (χ1v) is 8.98. The highest BCUT2D eigenvalue weighted by molar-refractivity contribution is 7.89. The predicted octanol–water partition coefficient (Wildman–Crippen LogP) is 2.23. The van der Waals surface area contributed by atoms with Crippen LogP contribution in [-0.4, -0.2) is 25.8 Å². The van der Waals surface area contributed by atoms with Crippen LogP contribution in [0.15, 0.2) is 40.8 Å². The Bertz CT molecular complexity index is 828. The van der Waals surface area contributed by atoms with Crippen LogP contribution in [0.2, 0.25) is 0 Å². The van der Waals surface area contributed by atoms with Crippen molar-refractivity contribution in [3.63, 3.8) is 0 Å². The summed E-state index contributed by atoms with van der Waals surface area (Å²) in [5.74, 6) is -0.283. The molecule has 0 aromatic heterocycles. The monoisotopic (exact) mass is 327 g/mol. The minimum absolute atomic E-state index is 0.0227. The molecule has 0 saturated carbocycles. The van der Waals surface area contributed by atoms with E-state index in [1.807, 2.05) is 6.92 Å². The fourth-order valence-electron chi connectivity index (χ4n) is 3.36. The van der Waals surface area contributed by atoms with Crippen molar-refractivity contribution in [3.05, 3.63) is 41.5 Å². The van der Waals surface area contributed by atoms with Crippen molar-refractivity contribution in [2.75, 3.05) is 13.1 Å². The molecule has 0 N–H and O–H groups in total. The van der Waals surface area contributed by atoms with Crippen molar-refractivity contribution < 1.29 is 8.42 Å². The van der Waals surface area contributed by atoms with Gasteiger partial charge in [-0.05, 0) is 37.3 Å². The van der Waals surface area contributed by atoms with Crippen LogP contribution in [0.5, 0.6) is 0 Å². The Morgan fingerprint density at radius 2 is 1.87 bits per heavy atom. The van der Waals surface area contributed by atoms with Gasteiger partial charge in [-0.25, -0.2) is 8.42 Å². The standard InChI is InChI=1S/C17H17N3O2S/c1-12-2-4-17(5-3-12)23(21,22)20-10-15-6-13(8-18)14(9-19)7-16(15)11-20/h2-6,14-16H,7,10-11H2,1H3/t14-,15-,16+/m1/s1. The molecule has 0 spiro atoms. The summed E-state index contributed by atoms with van der Waals surface area (Å²) in [6.07, 6.45) is 2.35. The molecule has 1 saturated heterocycles. The number of nitriles is 2. The lowest BCUT2D eigenvalue weighted by Gasteiger charge is -2.23. The van der Waals surface area contributed by atoms with Gasteiger partial charge >= 0.3 is 0 Å². The molecule has 0 radical (unpaired) electrons. The number of rotatable bonds is 2. The Kier molecular flexibility index (Phi) is 3.97. The Balaban J connectivity index is 1.86. The molecular formula is C17H17N3O2S. The van der Waals surface area contributed by atoms with Crippen LogP contribution >= 0.6 is 0 Å². The smallest absolute Gasteiger partial charge is 0.207 e. The summed E-state index contributed by atoms with van der Waals surface area (Å²) in [6.45, 7) is 2.70. The number of benzene rings is 1. The zero-order valence-electron chi connectivity index (χ0n) is 12.8. The third-order valence-corrected chi connectivity index (χ3v) is 6.56. The van der Waals surface area contributed by atoms with E-state index in [4.69, 9.17) is 10.5 Å². The van der Waals surface area contributed by atoms with Crippen LogP contribution in [0, 0.1) is 47.3 Å². The number of hydrogen-bond acceptors (Lipinski definition) is 4. The molecule has 0 amide bonds. The molecule has 3 rings (SSSR count). The third kappa shape index (κ3) is 2.76. The number of aryl methyl sites for hydroxylation is 1.